The number of rotatable bonds is 40. The molecule has 9 nitrogen and oxygen atoms in total. The molecule has 1 aliphatic rings. The van der Waals surface area contributed by atoms with E-state index in [4.69, 9.17) is 9.47 Å². The Morgan fingerprint density at radius 1 is 0.565 bits per heavy atom. The SMILES string of the molecule is CC/C=C\C/C=C\C/C=C\C/C=C\CCCCCCCCCCCCCCCCC(=O)NC(COC1OC(CO)C(O)C(O)C1O)C(O)/C=C/CC/C=C/CC/C=C/CCCC. The molecule has 0 saturated carbocycles. The summed E-state index contributed by atoms with van der Waals surface area (Å²) in [6, 6.07) is -0.831. The van der Waals surface area contributed by atoms with Crippen LogP contribution >= 0.6 is 0 Å². The van der Waals surface area contributed by atoms with Crippen LogP contribution in [0.2, 0.25) is 0 Å². The van der Waals surface area contributed by atoms with Crippen LogP contribution in [0.1, 0.15) is 187 Å². The molecule has 0 radical (unpaired) electrons. The number of unbranched alkanes of at least 4 members (excludes halogenated alkanes) is 18. The Morgan fingerprint density at radius 2 is 1.02 bits per heavy atom. The Kier molecular flexibility index (Phi) is 39.2. The van der Waals surface area contributed by atoms with Crippen molar-refractivity contribution in [1.82, 2.24) is 5.32 Å². The average Bonchev–Trinajstić information content (AvgIpc) is 3.27. The number of nitrogens with one attached hydrogen (secondary N) is 1. The highest BCUT2D eigenvalue weighted by Crippen LogP contribution is 2.22. The lowest BCUT2D eigenvalue weighted by Gasteiger charge is -2.40. The summed E-state index contributed by atoms with van der Waals surface area (Å²) in [6.45, 7) is 3.57. The van der Waals surface area contributed by atoms with Gasteiger partial charge in [0.1, 0.15) is 24.4 Å². The van der Waals surface area contributed by atoms with Gasteiger partial charge >= 0.3 is 0 Å². The lowest BCUT2D eigenvalue weighted by Crippen LogP contribution is -2.60. The first-order chi connectivity index (χ1) is 30.3. The van der Waals surface area contributed by atoms with E-state index in [1.807, 2.05) is 6.08 Å². The first-order valence-corrected chi connectivity index (χ1v) is 24.8. The summed E-state index contributed by atoms with van der Waals surface area (Å²) in [5.74, 6) is -0.197. The van der Waals surface area contributed by atoms with Gasteiger partial charge in [-0.25, -0.2) is 0 Å². The molecule has 356 valence electrons. The van der Waals surface area contributed by atoms with Crippen molar-refractivity contribution < 1.29 is 39.8 Å². The molecule has 1 aliphatic heterocycles. The summed E-state index contributed by atoms with van der Waals surface area (Å²) >= 11 is 0. The quantitative estimate of drug-likeness (QED) is 0.0263. The van der Waals surface area contributed by atoms with Gasteiger partial charge in [-0.2, -0.15) is 0 Å². The summed E-state index contributed by atoms with van der Waals surface area (Å²) in [7, 11) is 0. The Morgan fingerprint density at radius 3 is 1.55 bits per heavy atom. The molecule has 1 amide bonds. The zero-order valence-corrected chi connectivity index (χ0v) is 39.1. The molecule has 1 heterocycles. The van der Waals surface area contributed by atoms with E-state index in [9.17, 15) is 30.3 Å². The van der Waals surface area contributed by atoms with Crippen molar-refractivity contribution in [2.75, 3.05) is 13.2 Å². The molecule has 6 N–H and O–H groups in total. The second kappa shape index (κ2) is 42.3. The predicted molar refractivity (Wildman–Crippen MR) is 258 cm³/mol. The Balaban J connectivity index is 2.24. The maximum atomic E-state index is 13.0. The Labute approximate surface area is 378 Å². The highest BCUT2D eigenvalue weighted by atomic mass is 16.7. The summed E-state index contributed by atoms with van der Waals surface area (Å²) in [4.78, 5) is 13.0. The smallest absolute Gasteiger partial charge is 0.220 e. The lowest BCUT2D eigenvalue weighted by molar-refractivity contribution is -0.302. The number of ether oxygens (including phenoxy) is 2. The van der Waals surface area contributed by atoms with Crippen LogP contribution in [0.5, 0.6) is 0 Å². The second-order valence-electron chi connectivity index (χ2n) is 16.9. The van der Waals surface area contributed by atoms with E-state index < -0.39 is 49.5 Å². The maximum Gasteiger partial charge on any atom is 0.220 e. The molecule has 0 aromatic rings. The van der Waals surface area contributed by atoms with Crippen molar-refractivity contribution >= 4 is 5.91 Å². The standard InChI is InChI=1S/C53H91NO8/c1-3-5-7-9-11-13-15-17-18-19-20-21-22-23-24-25-26-27-28-29-30-31-33-35-37-39-41-43-49(57)54-46(45-61-53-52(60)51(59)50(58)48(44-55)62-53)47(56)42-40-38-36-34-32-16-14-12-10-8-6-4-2/h5,7,10-13,17-18,20-21,32,34,40,42,46-48,50-53,55-56,58-60H,3-4,6,8-9,14-16,19,22-31,33,35-39,41,43-45H2,1-2H3,(H,54,57)/b7-5-,12-10+,13-11-,18-17-,21-20-,34-32+,42-40+. The fourth-order valence-corrected chi connectivity index (χ4v) is 7.22. The van der Waals surface area contributed by atoms with Crippen molar-refractivity contribution in [3.63, 3.8) is 0 Å². The number of amides is 1. The maximum absolute atomic E-state index is 13.0. The van der Waals surface area contributed by atoms with Gasteiger partial charge in [0.05, 0.1) is 25.4 Å². The van der Waals surface area contributed by atoms with Gasteiger partial charge in [-0.3, -0.25) is 4.79 Å². The van der Waals surface area contributed by atoms with E-state index in [0.29, 0.717) is 6.42 Å². The van der Waals surface area contributed by atoms with Crippen LogP contribution in [0, 0.1) is 0 Å². The molecule has 1 fully saturated rings. The molecule has 7 atom stereocenters. The molecule has 0 aliphatic carbocycles. The van der Waals surface area contributed by atoms with E-state index in [-0.39, 0.29) is 12.5 Å². The molecular formula is C53H91NO8. The monoisotopic (exact) mass is 870 g/mol. The highest BCUT2D eigenvalue weighted by Gasteiger charge is 2.44. The van der Waals surface area contributed by atoms with Gasteiger partial charge in [0.15, 0.2) is 6.29 Å². The van der Waals surface area contributed by atoms with Crippen LogP contribution in [0.25, 0.3) is 0 Å². The minimum absolute atomic E-state index is 0.197. The molecule has 62 heavy (non-hydrogen) atoms. The van der Waals surface area contributed by atoms with Crippen LogP contribution in [0.15, 0.2) is 85.1 Å². The van der Waals surface area contributed by atoms with Crippen LogP contribution in [-0.2, 0) is 14.3 Å². The summed E-state index contributed by atoms with van der Waals surface area (Å²) < 4.78 is 11.2. The molecule has 1 saturated heterocycles. The summed E-state index contributed by atoms with van der Waals surface area (Å²) in [5, 5.41) is 54.2. The molecule has 0 aromatic carbocycles. The third kappa shape index (κ3) is 32.1. The van der Waals surface area contributed by atoms with Crippen molar-refractivity contribution in [1.29, 1.82) is 0 Å². The average molecular weight is 870 g/mol. The van der Waals surface area contributed by atoms with Gasteiger partial charge in [-0.05, 0) is 77.0 Å². The van der Waals surface area contributed by atoms with Crippen LogP contribution < -0.4 is 5.32 Å². The third-order valence-electron chi connectivity index (χ3n) is 11.2. The fraction of sp³-hybridized carbons (Fsp3) is 0.717. The summed E-state index contributed by atoms with van der Waals surface area (Å²) in [5.41, 5.74) is 0. The highest BCUT2D eigenvalue weighted by molar-refractivity contribution is 5.76. The first kappa shape index (κ1) is 57.4. The number of allylic oxidation sites excluding steroid dienone is 13. The number of hydrogen-bond donors (Lipinski definition) is 6. The zero-order valence-electron chi connectivity index (χ0n) is 39.1. The number of carbonyl (C=O) groups is 1. The van der Waals surface area contributed by atoms with Crippen molar-refractivity contribution in [3.8, 4) is 0 Å². The largest absolute Gasteiger partial charge is 0.394 e. The fourth-order valence-electron chi connectivity index (χ4n) is 7.22. The van der Waals surface area contributed by atoms with Crippen LogP contribution in [0.3, 0.4) is 0 Å². The van der Waals surface area contributed by atoms with Crippen molar-refractivity contribution in [2.45, 2.75) is 230 Å². The Hall–Kier alpha value is -2.63. The van der Waals surface area contributed by atoms with Gasteiger partial charge in [0, 0.05) is 6.42 Å². The Bertz CT molecular complexity index is 1240. The molecule has 7 unspecified atom stereocenters. The van der Waals surface area contributed by atoms with E-state index >= 15 is 0 Å². The van der Waals surface area contributed by atoms with Crippen molar-refractivity contribution in [3.05, 3.63) is 85.1 Å². The molecular weight excluding hydrogens is 779 g/mol. The van der Waals surface area contributed by atoms with Gasteiger partial charge in [0.2, 0.25) is 5.91 Å². The number of aliphatic hydroxyl groups is 5. The summed E-state index contributed by atoms with van der Waals surface area (Å²) in [6.07, 6.45) is 52.1. The van der Waals surface area contributed by atoms with Crippen LogP contribution in [0.4, 0.5) is 0 Å². The van der Waals surface area contributed by atoms with Gasteiger partial charge in [-0.1, -0.05) is 189 Å². The topological polar surface area (TPSA) is 149 Å². The molecule has 1 rings (SSSR count). The van der Waals surface area contributed by atoms with Crippen LogP contribution in [-0.4, -0.2) is 87.5 Å². The second-order valence-corrected chi connectivity index (χ2v) is 16.9. The van der Waals surface area contributed by atoms with Gasteiger partial charge in [0.25, 0.3) is 0 Å². The van der Waals surface area contributed by atoms with E-state index in [1.165, 1.54) is 89.9 Å². The third-order valence-corrected chi connectivity index (χ3v) is 11.2. The van der Waals surface area contributed by atoms with E-state index in [1.54, 1.807) is 6.08 Å². The minimum atomic E-state index is -1.58. The van der Waals surface area contributed by atoms with Crippen molar-refractivity contribution in [2.24, 2.45) is 0 Å². The molecule has 9 heteroatoms. The predicted octanol–water partition coefficient (Wildman–Crippen LogP) is 11.1. The zero-order chi connectivity index (χ0) is 45.1. The normalized spacial score (nSPS) is 21.0. The number of hydrogen-bond acceptors (Lipinski definition) is 8. The minimum Gasteiger partial charge on any atom is -0.394 e. The first-order valence-electron chi connectivity index (χ1n) is 24.8. The van der Waals surface area contributed by atoms with Gasteiger partial charge < -0.3 is 40.3 Å². The molecule has 0 bridgehead atoms. The molecule has 0 aromatic heterocycles. The van der Waals surface area contributed by atoms with E-state index in [0.717, 1.165) is 77.0 Å². The number of aliphatic hydroxyl groups excluding tert-OH is 5. The number of carbonyl (C=O) groups excluding carboxylic acids is 1. The molecule has 0 spiro atoms. The van der Waals surface area contributed by atoms with E-state index in [2.05, 4.69) is 92.1 Å². The van der Waals surface area contributed by atoms with Gasteiger partial charge in [-0.15, -0.1) is 0 Å². The lowest BCUT2D eigenvalue weighted by atomic mass is 9.99.